The molecule has 1 unspecified atom stereocenters. The minimum absolute atomic E-state index is 0. The van der Waals surface area contributed by atoms with Crippen molar-refractivity contribution in [2.45, 2.75) is 32.7 Å². The van der Waals surface area contributed by atoms with E-state index in [4.69, 9.17) is 9.25 Å². The number of benzene rings is 1. The lowest BCUT2D eigenvalue weighted by Crippen LogP contribution is -2.49. The minimum atomic E-state index is -0.673. The third-order valence-electron chi connectivity index (χ3n) is 6.11. The average Bonchev–Trinajstić information content (AvgIpc) is 3.14. The molecule has 4 rings (SSSR count). The van der Waals surface area contributed by atoms with Gasteiger partial charge < -0.3 is 19.5 Å². The normalized spacial score (nSPS) is 23.6. The number of H-pyrrole nitrogens is 1. The highest BCUT2D eigenvalue weighted by Gasteiger charge is 2.35. The third kappa shape index (κ3) is 4.09. The molecule has 1 aromatic carbocycles. The Morgan fingerprint density at radius 1 is 1.43 bits per heavy atom. The topological polar surface area (TPSA) is 95.7 Å². The molecule has 164 valence electrons. The molecule has 30 heavy (non-hydrogen) atoms. The maximum atomic E-state index is 15.2. The molecular weight excluding hydrogens is 413 g/mol. The van der Waals surface area contributed by atoms with Gasteiger partial charge in [-0.3, -0.25) is 0 Å². The van der Waals surface area contributed by atoms with E-state index in [1.807, 2.05) is 6.07 Å². The van der Waals surface area contributed by atoms with E-state index >= 15 is 4.39 Å². The van der Waals surface area contributed by atoms with E-state index < -0.39 is 11.6 Å². The maximum Gasteiger partial charge on any atom is 0.434 e. The Hall–Kier alpha value is -2.39. The molecule has 0 amide bonds. The molecule has 2 N–H and O–H groups in total. The van der Waals surface area contributed by atoms with Crippen LogP contribution in [0, 0.1) is 17.7 Å². The predicted octanol–water partition coefficient (Wildman–Crippen LogP) is 2.79. The van der Waals surface area contributed by atoms with Crippen LogP contribution in [0.5, 0.6) is 0 Å². The summed E-state index contributed by atoms with van der Waals surface area (Å²) >= 11 is 0. The van der Waals surface area contributed by atoms with Gasteiger partial charge in [0.2, 0.25) is 5.89 Å². The first-order valence-electron chi connectivity index (χ1n) is 9.96. The van der Waals surface area contributed by atoms with Crippen LogP contribution in [0.25, 0.3) is 11.5 Å². The lowest BCUT2D eigenvalue weighted by atomic mass is 9.81. The van der Waals surface area contributed by atoms with Crippen molar-refractivity contribution in [3.05, 3.63) is 34.1 Å². The van der Waals surface area contributed by atoms with Crippen molar-refractivity contribution in [3.63, 3.8) is 0 Å². The van der Waals surface area contributed by atoms with E-state index in [-0.39, 0.29) is 24.3 Å². The number of nitrogens with one attached hydrogen (secondary N) is 2. The number of fused-ring (bicyclic) bond motifs is 1. The Morgan fingerprint density at radius 2 is 2.23 bits per heavy atom. The summed E-state index contributed by atoms with van der Waals surface area (Å²) in [5.41, 5.74) is 2.16. The van der Waals surface area contributed by atoms with Crippen molar-refractivity contribution >= 4 is 23.8 Å². The predicted molar refractivity (Wildman–Crippen MR) is 115 cm³/mol. The number of anilines is 1. The van der Waals surface area contributed by atoms with Crippen molar-refractivity contribution in [2.24, 2.45) is 17.0 Å². The second-order valence-electron chi connectivity index (χ2n) is 7.81. The summed E-state index contributed by atoms with van der Waals surface area (Å²) in [5, 5.41) is 13.6. The second kappa shape index (κ2) is 9.18. The van der Waals surface area contributed by atoms with E-state index in [0.717, 1.165) is 25.2 Å². The van der Waals surface area contributed by atoms with E-state index in [9.17, 15) is 4.79 Å². The molecule has 8 nitrogen and oxygen atoms in total. The first-order chi connectivity index (χ1) is 14.0. The first kappa shape index (κ1) is 22.3. The van der Waals surface area contributed by atoms with E-state index in [0.29, 0.717) is 41.6 Å². The van der Waals surface area contributed by atoms with Crippen molar-refractivity contribution < 1.29 is 13.6 Å². The van der Waals surface area contributed by atoms with Gasteiger partial charge >= 0.3 is 5.76 Å². The number of nitrogens with zero attached hydrogens (tertiary/aromatic N) is 3. The van der Waals surface area contributed by atoms with Gasteiger partial charge in [0.25, 0.3) is 0 Å². The Morgan fingerprint density at radius 3 is 2.90 bits per heavy atom. The summed E-state index contributed by atoms with van der Waals surface area (Å²) in [6.07, 6.45) is 1.67. The number of aromatic amines is 1. The maximum absolute atomic E-state index is 15.2. The molecule has 0 saturated carbocycles. The smallest absolute Gasteiger partial charge is 0.399 e. The molecule has 0 spiro atoms. The van der Waals surface area contributed by atoms with E-state index in [1.54, 1.807) is 0 Å². The van der Waals surface area contributed by atoms with Crippen molar-refractivity contribution in [1.29, 1.82) is 0 Å². The molecule has 10 heteroatoms. The lowest BCUT2D eigenvalue weighted by Gasteiger charge is -2.43. The van der Waals surface area contributed by atoms with Gasteiger partial charge in [-0.1, -0.05) is 12.1 Å². The van der Waals surface area contributed by atoms with Crippen LogP contribution in [0.2, 0.25) is 0 Å². The molecular formula is C20H27ClFN5O3. The molecule has 0 radical (unpaired) electrons. The van der Waals surface area contributed by atoms with Crippen LogP contribution in [0.15, 0.2) is 26.5 Å². The lowest BCUT2D eigenvalue weighted by molar-refractivity contribution is 0.212. The standard InChI is InChI=1S/C20H26FN5O3.ClH/c1-11-10-22-6-4-14(11)12(2)26-7-5-16(25-28-3)18-15(21)8-13(9-17(18)26)19-23-24-20(27)29-19;/h8-9,11-12,14,22H,4-7,10H2,1-3H3,(H,24,27);1H/b25-16+;/t11-,12?,14+;/m1./s1. The van der Waals surface area contributed by atoms with Gasteiger partial charge in [-0.2, -0.15) is 0 Å². The highest BCUT2D eigenvalue weighted by atomic mass is 35.5. The molecule has 0 aliphatic carbocycles. The molecule has 2 aliphatic heterocycles. The molecule has 1 aromatic heterocycles. The number of hydrogen-bond donors (Lipinski definition) is 2. The van der Waals surface area contributed by atoms with Crippen LogP contribution in [0.1, 0.15) is 32.3 Å². The van der Waals surface area contributed by atoms with Gasteiger partial charge in [0, 0.05) is 30.3 Å². The van der Waals surface area contributed by atoms with E-state index in [2.05, 4.69) is 39.4 Å². The van der Waals surface area contributed by atoms with Gasteiger partial charge in [-0.05, 0) is 50.4 Å². The molecule has 2 aliphatic rings. The van der Waals surface area contributed by atoms with Crippen LogP contribution < -0.4 is 16.0 Å². The summed E-state index contributed by atoms with van der Waals surface area (Å²) in [7, 11) is 1.46. The highest BCUT2D eigenvalue weighted by molar-refractivity contribution is 6.07. The number of rotatable bonds is 4. The Kier molecular flexibility index (Phi) is 6.82. The fourth-order valence-corrected chi connectivity index (χ4v) is 4.66. The molecule has 3 atom stereocenters. The number of oxime groups is 1. The zero-order valence-electron chi connectivity index (χ0n) is 17.3. The largest absolute Gasteiger partial charge is 0.434 e. The van der Waals surface area contributed by atoms with Gasteiger partial charge in [-0.25, -0.2) is 14.3 Å². The Bertz CT molecular complexity index is 976. The number of hydrogen-bond acceptors (Lipinski definition) is 7. The summed E-state index contributed by atoms with van der Waals surface area (Å²) < 4.78 is 20.3. The molecule has 1 fully saturated rings. The van der Waals surface area contributed by atoms with Crippen LogP contribution in [0.3, 0.4) is 0 Å². The number of piperidine rings is 1. The van der Waals surface area contributed by atoms with Crippen molar-refractivity contribution in [3.8, 4) is 11.5 Å². The van der Waals surface area contributed by atoms with Gasteiger partial charge in [0.1, 0.15) is 12.9 Å². The first-order valence-corrected chi connectivity index (χ1v) is 9.96. The Balaban J connectivity index is 0.00000256. The average molecular weight is 440 g/mol. The molecule has 3 heterocycles. The number of halogens is 2. The summed E-state index contributed by atoms with van der Waals surface area (Å²) in [5.74, 6) is -0.0354. The van der Waals surface area contributed by atoms with Crippen molar-refractivity contribution in [2.75, 3.05) is 31.6 Å². The molecule has 1 saturated heterocycles. The molecule has 2 aromatic rings. The number of aromatic nitrogens is 2. The van der Waals surface area contributed by atoms with Crippen LogP contribution >= 0.6 is 12.4 Å². The molecule has 0 bridgehead atoms. The van der Waals surface area contributed by atoms with Crippen LogP contribution in [-0.2, 0) is 4.84 Å². The monoisotopic (exact) mass is 439 g/mol. The fourth-order valence-electron chi connectivity index (χ4n) is 4.66. The SMILES string of the molecule is CO/N=C1\CCN(C(C)[C@H]2CCNC[C@H]2C)c2cc(-c3n[nH]c(=O)o3)cc(F)c21.Cl. The van der Waals surface area contributed by atoms with E-state index in [1.165, 1.54) is 13.2 Å². The van der Waals surface area contributed by atoms with Crippen molar-refractivity contribution in [1.82, 2.24) is 15.5 Å². The van der Waals surface area contributed by atoms with Crippen LogP contribution in [0.4, 0.5) is 10.1 Å². The third-order valence-corrected chi connectivity index (χ3v) is 6.11. The summed E-state index contributed by atoms with van der Waals surface area (Å²) in [6.45, 7) is 7.14. The van der Waals surface area contributed by atoms with Crippen LogP contribution in [-0.4, -0.2) is 48.7 Å². The Labute approximate surface area is 180 Å². The summed E-state index contributed by atoms with van der Waals surface area (Å²) in [6, 6.07) is 3.37. The zero-order valence-corrected chi connectivity index (χ0v) is 18.1. The van der Waals surface area contributed by atoms with Gasteiger partial charge in [-0.15, -0.1) is 17.5 Å². The second-order valence-corrected chi connectivity index (χ2v) is 7.81. The quantitative estimate of drug-likeness (QED) is 0.711. The fraction of sp³-hybridized carbons (Fsp3) is 0.550. The highest BCUT2D eigenvalue weighted by Crippen LogP contribution is 2.38. The summed E-state index contributed by atoms with van der Waals surface area (Å²) in [4.78, 5) is 18.6. The van der Waals surface area contributed by atoms with Gasteiger partial charge in [0.15, 0.2) is 0 Å². The van der Waals surface area contributed by atoms with Gasteiger partial charge in [0.05, 0.1) is 11.3 Å². The minimum Gasteiger partial charge on any atom is -0.399 e. The zero-order chi connectivity index (χ0) is 20.5.